The molecule has 2 aliphatic heterocycles. The lowest BCUT2D eigenvalue weighted by Gasteiger charge is -2.14. The van der Waals surface area contributed by atoms with E-state index in [0.29, 0.717) is 48.1 Å². The highest BCUT2D eigenvalue weighted by Gasteiger charge is 2.30. The van der Waals surface area contributed by atoms with Crippen molar-refractivity contribution in [1.29, 1.82) is 0 Å². The number of benzene rings is 2. The number of nitrogens with one attached hydrogen (secondary N) is 1. The summed E-state index contributed by atoms with van der Waals surface area (Å²) in [5.41, 5.74) is 3.15. The van der Waals surface area contributed by atoms with Gasteiger partial charge in [-0.2, -0.15) is 0 Å². The quantitative estimate of drug-likeness (QED) is 0.926. The molecule has 0 fully saturated rings. The van der Waals surface area contributed by atoms with E-state index < -0.39 is 0 Å². The molecule has 0 atom stereocenters. The van der Waals surface area contributed by atoms with Crippen LogP contribution in [0.5, 0.6) is 23.0 Å². The molecular weight excluding hydrogens is 322 g/mol. The maximum Gasteiger partial charge on any atom is 0.259 e. The summed E-state index contributed by atoms with van der Waals surface area (Å²) in [7, 11) is 3.13. The molecule has 6 heteroatoms. The lowest BCUT2D eigenvalue weighted by Crippen LogP contribution is -2.15. The van der Waals surface area contributed by atoms with E-state index in [1.54, 1.807) is 32.4 Å². The minimum Gasteiger partial charge on any atom is -0.493 e. The number of fused-ring (bicyclic) bond motifs is 2. The fourth-order valence-electron chi connectivity index (χ4n) is 3.33. The summed E-state index contributed by atoms with van der Waals surface area (Å²) in [6.07, 6.45) is 1.50. The highest BCUT2D eigenvalue weighted by atomic mass is 16.5. The van der Waals surface area contributed by atoms with Gasteiger partial charge in [-0.25, -0.2) is 0 Å². The van der Waals surface area contributed by atoms with Crippen LogP contribution in [0.2, 0.25) is 0 Å². The van der Waals surface area contributed by atoms with Crippen molar-refractivity contribution < 1.29 is 23.7 Å². The number of carbonyl (C=O) groups is 1. The summed E-state index contributed by atoms with van der Waals surface area (Å²) in [5.74, 6) is 2.44. The zero-order valence-corrected chi connectivity index (χ0v) is 14.2. The third kappa shape index (κ3) is 2.63. The maximum absolute atomic E-state index is 13.0. The number of methoxy groups -OCH3 is 2. The van der Waals surface area contributed by atoms with Crippen LogP contribution in [0.15, 0.2) is 24.3 Å². The van der Waals surface area contributed by atoms with E-state index >= 15 is 0 Å². The molecular formula is C19H19NO5. The predicted molar refractivity (Wildman–Crippen MR) is 92.3 cm³/mol. The van der Waals surface area contributed by atoms with Gasteiger partial charge in [0.1, 0.15) is 11.5 Å². The molecule has 0 unspecified atom stereocenters. The Bertz CT molecular complexity index is 814. The summed E-state index contributed by atoms with van der Waals surface area (Å²) in [4.78, 5) is 13.0. The third-order valence-corrected chi connectivity index (χ3v) is 4.52. The molecule has 0 saturated heterocycles. The van der Waals surface area contributed by atoms with E-state index in [2.05, 4.69) is 5.32 Å². The van der Waals surface area contributed by atoms with Crippen LogP contribution in [0.3, 0.4) is 0 Å². The highest BCUT2D eigenvalue weighted by Crippen LogP contribution is 2.41. The van der Waals surface area contributed by atoms with Gasteiger partial charge in [0.25, 0.3) is 5.91 Å². The van der Waals surface area contributed by atoms with Gasteiger partial charge in [0.2, 0.25) is 0 Å². The van der Waals surface area contributed by atoms with Crippen molar-refractivity contribution in [2.45, 2.75) is 12.8 Å². The van der Waals surface area contributed by atoms with Crippen LogP contribution in [-0.2, 0) is 12.8 Å². The molecule has 1 amide bonds. The van der Waals surface area contributed by atoms with E-state index in [-0.39, 0.29) is 5.91 Å². The zero-order valence-electron chi connectivity index (χ0n) is 14.2. The van der Waals surface area contributed by atoms with Gasteiger partial charge in [0.05, 0.1) is 33.0 Å². The topological polar surface area (TPSA) is 66.0 Å². The molecule has 0 saturated carbocycles. The first-order chi connectivity index (χ1) is 12.2. The van der Waals surface area contributed by atoms with E-state index in [4.69, 9.17) is 18.9 Å². The Morgan fingerprint density at radius 3 is 2.64 bits per heavy atom. The van der Waals surface area contributed by atoms with Crippen LogP contribution < -0.4 is 24.3 Å². The number of hydrogen-bond donors (Lipinski definition) is 1. The smallest absolute Gasteiger partial charge is 0.259 e. The van der Waals surface area contributed by atoms with Gasteiger partial charge < -0.3 is 24.3 Å². The number of ether oxygens (including phenoxy) is 4. The van der Waals surface area contributed by atoms with Crippen molar-refractivity contribution in [3.63, 3.8) is 0 Å². The fourth-order valence-corrected chi connectivity index (χ4v) is 3.33. The molecule has 0 radical (unpaired) electrons. The van der Waals surface area contributed by atoms with Gasteiger partial charge in [0.15, 0.2) is 11.5 Å². The number of anilines is 1. The molecule has 0 bridgehead atoms. The summed E-state index contributed by atoms with van der Waals surface area (Å²) in [6, 6.07) is 7.27. The molecule has 25 heavy (non-hydrogen) atoms. The average molecular weight is 341 g/mol. The Morgan fingerprint density at radius 2 is 1.84 bits per heavy atom. The minimum atomic E-state index is -0.201. The second-order valence-electron chi connectivity index (χ2n) is 5.94. The molecule has 2 aromatic carbocycles. The maximum atomic E-state index is 13.0. The summed E-state index contributed by atoms with van der Waals surface area (Å²) in [6.45, 7) is 1.18. The number of amides is 1. The Hall–Kier alpha value is -2.89. The second kappa shape index (κ2) is 6.20. The highest BCUT2D eigenvalue weighted by molar-refractivity contribution is 6.08. The van der Waals surface area contributed by atoms with Gasteiger partial charge in [-0.3, -0.25) is 4.79 Å². The Balaban J connectivity index is 1.69. The minimum absolute atomic E-state index is 0.201. The molecule has 130 valence electrons. The van der Waals surface area contributed by atoms with Crippen LogP contribution in [0.1, 0.15) is 21.5 Å². The van der Waals surface area contributed by atoms with Crippen molar-refractivity contribution in [2.24, 2.45) is 0 Å². The average Bonchev–Trinajstić information content (AvgIpc) is 3.27. The van der Waals surface area contributed by atoms with Crippen LogP contribution in [0, 0.1) is 0 Å². The Morgan fingerprint density at radius 1 is 1.04 bits per heavy atom. The van der Waals surface area contributed by atoms with E-state index in [9.17, 15) is 4.79 Å². The SMILES string of the molecule is COc1ccc(NC(=O)c2c3c(cc4c2OCC4)OCC3)cc1OC. The second-order valence-corrected chi connectivity index (χ2v) is 5.94. The Labute approximate surface area is 145 Å². The first-order valence-electron chi connectivity index (χ1n) is 8.19. The third-order valence-electron chi connectivity index (χ3n) is 4.52. The Kier molecular flexibility index (Phi) is 3.87. The van der Waals surface area contributed by atoms with Gasteiger partial charge in [-0.05, 0) is 18.2 Å². The van der Waals surface area contributed by atoms with Gasteiger partial charge in [-0.1, -0.05) is 0 Å². The first kappa shape index (κ1) is 15.6. The zero-order chi connectivity index (χ0) is 17.4. The van der Waals surface area contributed by atoms with Crippen LogP contribution >= 0.6 is 0 Å². The van der Waals surface area contributed by atoms with Crippen molar-refractivity contribution in [3.8, 4) is 23.0 Å². The molecule has 2 aliphatic rings. The summed E-state index contributed by atoms with van der Waals surface area (Å²) in [5, 5.41) is 2.93. The number of carbonyl (C=O) groups excluding carboxylic acids is 1. The molecule has 2 heterocycles. The molecule has 0 aromatic heterocycles. The summed E-state index contributed by atoms with van der Waals surface area (Å²) >= 11 is 0. The van der Waals surface area contributed by atoms with E-state index in [1.807, 2.05) is 6.07 Å². The van der Waals surface area contributed by atoms with Crippen LogP contribution in [0.4, 0.5) is 5.69 Å². The van der Waals surface area contributed by atoms with Gasteiger partial charge in [-0.15, -0.1) is 0 Å². The predicted octanol–water partition coefficient (Wildman–Crippen LogP) is 2.83. The van der Waals surface area contributed by atoms with Crippen molar-refractivity contribution >= 4 is 11.6 Å². The lowest BCUT2D eigenvalue weighted by molar-refractivity contribution is 0.102. The summed E-state index contributed by atoms with van der Waals surface area (Å²) < 4.78 is 21.9. The number of rotatable bonds is 4. The number of hydrogen-bond acceptors (Lipinski definition) is 5. The molecule has 4 rings (SSSR count). The molecule has 0 aliphatic carbocycles. The standard InChI is InChI=1S/C19H19NO5/c1-22-14-4-3-12(10-16(14)23-2)20-19(21)17-13-6-8-24-15(13)9-11-5-7-25-18(11)17/h3-4,9-10H,5-8H2,1-2H3,(H,20,21). The molecule has 6 nitrogen and oxygen atoms in total. The van der Waals surface area contributed by atoms with Gasteiger partial charge in [0, 0.05) is 35.7 Å². The monoisotopic (exact) mass is 341 g/mol. The van der Waals surface area contributed by atoms with E-state index in [1.165, 1.54) is 0 Å². The van der Waals surface area contributed by atoms with Crippen molar-refractivity contribution in [3.05, 3.63) is 41.0 Å². The van der Waals surface area contributed by atoms with Crippen molar-refractivity contribution in [2.75, 3.05) is 32.8 Å². The van der Waals surface area contributed by atoms with Gasteiger partial charge >= 0.3 is 0 Å². The fraction of sp³-hybridized carbons (Fsp3) is 0.316. The molecule has 0 spiro atoms. The first-order valence-corrected chi connectivity index (χ1v) is 8.19. The molecule has 1 N–H and O–H groups in total. The van der Waals surface area contributed by atoms with Crippen LogP contribution in [-0.4, -0.2) is 33.3 Å². The normalized spacial score (nSPS) is 14.2. The van der Waals surface area contributed by atoms with Crippen molar-refractivity contribution in [1.82, 2.24) is 0 Å². The largest absolute Gasteiger partial charge is 0.493 e. The van der Waals surface area contributed by atoms with E-state index in [0.717, 1.165) is 23.3 Å². The lowest BCUT2D eigenvalue weighted by atomic mass is 9.99. The molecule has 2 aromatic rings. The van der Waals surface area contributed by atoms with Crippen LogP contribution in [0.25, 0.3) is 0 Å².